The zero-order valence-electron chi connectivity index (χ0n) is 9.34. The molecular weight excluding hydrogens is 176 g/mol. The summed E-state index contributed by atoms with van der Waals surface area (Å²) < 4.78 is 0. The summed E-state index contributed by atoms with van der Waals surface area (Å²) in [5, 5.41) is 3.03. The van der Waals surface area contributed by atoms with Crippen molar-refractivity contribution >= 4 is 5.91 Å². The summed E-state index contributed by atoms with van der Waals surface area (Å²) in [5.41, 5.74) is 1.40. The third-order valence-electron chi connectivity index (χ3n) is 2.68. The van der Waals surface area contributed by atoms with Gasteiger partial charge in [0.05, 0.1) is 0 Å². The second kappa shape index (κ2) is 5.15. The molecule has 0 fully saturated rings. The molecule has 0 saturated heterocycles. The van der Waals surface area contributed by atoms with E-state index in [1.54, 1.807) is 0 Å². The summed E-state index contributed by atoms with van der Waals surface area (Å²) in [7, 11) is 1.88. The van der Waals surface area contributed by atoms with Crippen molar-refractivity contribution in [2.75, 3.05) is 26.7 Å². The Morgan fingerprint density at radius 1 is 1.71 bits per heavy atom. The standard InChI is InChI=1S/C11H20N2O/c1-9-4-6-13(7-5-9)11(14)10(2)8-12-3/h4,10,12H,5-8H2,1-3H3. The Hall–Kier alpha value is -0.830. The fraction of sp³-hybridized carbons (Fsp3) is 0.727. The summed E-state index contributed by atoms with van der Waals surface area (Å²) in [6.07, 6.45) is 3.17. The quantitative estimate of drug-likeness (QED) is 0.684. The number of hydrogen-bond donors (Lipinski definition) is 1. The van der Waals surface area contributed by atoms with Crippen molar-refractivity contribution < 1.29 is 4.79 Å². The predicted octanol–water partition coefficient (Wildman–Crippen LogP) is 1.02. The molecule has 14 heavy (non-hydrogen) atoms. The molecule has 3 nitrogen and oxygen atoms in total. The van der Waals surface area contributed by atoms with Crippen LogP contribution in [0.4, 0.5) is 0 Å². The van der Waals surface area contributed by atoms with Crippen molar-refractivity contribution in [2.45, 2.75) is 20.3 Å². The van der Waals surface area contributed by atoms with E-state index in [1.165, 1.54) is 5.57 Å². The van der Waals surface area contributed by atoms with Crippen molar-refractivity contribution in [3.63, 3.8) is 0 Å². The lowest BCUT2D eigenvalue weighted by molar-refractivity contribution is -0.134. The molecule has 0 bridgehead atoms. The van der Waals surface area contributed by atoms with Gasteiger partial charge >= 0.3 is 0 Å². The van der Waals surface area contributed by atoms with E-state index in [1.807, 2.05) is 18.9 Å². The highest BCUT2D eigenvalue weighted by atomic mass is 16.2. The third kappa shape index (κ3) is 2.84. The molecule has 1 rings (SSSR count). The number of carbonyl (C=O) groups is 1. The van der Waals surface area contributed by atoms with Gasteiger partial charge in [0.1, 0.15) is 0 Å². The van der Waals surface area contributed by atoms with E-state index in [2.05, 4.69) is 18.3 Å². The van der Waals surface area contributed by atoms with Crippen LogP contribution in [-0.4, -0.2) is 37.5 Å². The summed E-state index contributed by atoms with van der Waals surface area (Å²) in [6.45, 7) is 6.54. The van der Waals surface area contributed by atoms with Crippen LogP contribution < -0.4 is 5.32 Å². The molecule has 80 valence electrons. The zero-order valence-corrected chi connectivity index (χ0v) is 9.34. The van der Waals surface area contributed by atoms with E-state index in [4.69, 9.17) is 0 Å². The van der Waals surface area contributed by atoms with E-state index in [9.17, 15) is 4.79 Å². The van der Waals surface area contributed by atoms with Gasteiger partial charge in [0.25, 0.3) is 0 Å². The Labute approximate surface area is 86.2 Å². The molecule has 0 aromatic heterocycles. The molecule has 1 aliphatic heterocycles. The fourth-order valence-corrected chi connectivity index (χ4v) is 1.68. The Morgan fingerprint density at radius 2 is 2.43 bits per heavy atom. The second-order valence-corrected chi connectivity index (χ2v) is 4.04. The number of carbonyl (C=O) groups excluding carboxylic acids is 1. The lowest BCUT2D eigenvalue weighted by atomic mass is 10.1. The third-order valence-corrected chi connectivity index (χ3v) is 2.68. The minimum absolute atomic E-state index is 0.0896. The second-order valence-electron chi connectivity index (χ2n) is 4.04. The molecule has 1 amide bonds. The van der Waals surface area contributed by atoms with Crippen LogP contribution in [0.2, 0.25) is 0 Å². The Bertz CT molecular complexity index is 235. The number of amides is 1. The Balaban J connectivity index is 2.46. The van der Waals surface area contributed by atoms with Crippen molar-refractivity contribution in [1.29, 1.82) is 0 Å². The van der Waals surface area contributed by atoms with Crippen LogP contribution in [-0.2, 0) is 4.79 Å². The maximum absolute atomic E-state index is 11.9. The van der Waals surface area contributed by atoms with Gasteiger partial charge in [-0.05, 0) is 20.4 Å². The highest BCUT2D eigenvalue weighted by molar-refractivity contribution is 5.79. The molecular formula is C11H20N2O. The van der Waals surface area contributed by atoms with Gasteiger partial charge in [-0.2, -0.15) is 0 Å². The predicted molar refractivity (Wildman–Crippen MR) is 58.0 cm³/mol. The van der Waals surface area contributed by atoms with Gasteiger partial charge in [0, 0.05) is 25.6 Å². The minimum Gasteiger partial charge on any atom is -0.338 e. The van der Waals surface area contributed by atoms with E-state index >= 15 is 0 Å². The molecule has 1 N–H and O–H groups in total. The average molecular weight is 196 g/mol. The molecule has 3 heteroatoms. The van der Waals surface area contributed by atoms with Gasteiger partial charge in [0.2, 0.25) is 5.91 Å². The van der Waals surface area contributed by atoms with Crippen LogP contribution >= 0.6 is 0 Å². The summed E-state index contributed by atoms with van der Waals surface area (Å²) in [5.74, 6) is 0.356. The molecule has 1 heterocycles. The van der Waals surface area contributed by atoms with Gasteiger partial charge in [-0.1, -0.05) is 18.6 Å². The highest BCUT2D eigenvalue weighted by Crippen LogP contribution is 2.12. The first-order chi connectivity index (χ1) is 6.65. The molecule has 1 atom stereocenters. The molecule has 0 spiro atoms. The minimum atomic E-state index is 0.0896. The molecule has 1 unspecified atom stereocenters. The van der Waals surface area contributed by atoms with Crippen LogP contribution in [0.15, 0.2) is 11.6 Å². The van der Waals surface area contributed by atoms with Gasteiger partial charge in [0.15, 0.2) is 0 Å². The SMILES string of the molecule is CNCC(C)C(=O)N1CC=C(C)CC1. The lowest BCUT2D eigenvalue weighted by Crippen LogP contribution is -2.40. The van der Waals surface area contributed by atoms with E-state index in [-0.39, 0.29) is 11.8 Å². The highest BCUT2D eigenvalue weighted by Gasteiger charge is 2.20. The normalized spacial score (nSPS) is 19.1. The van der Waals surface area contributed by atoms with E-state index in [0.29, 0.717) is 0 Å². The van der Waals surface area contributed by atoms with Gasteiger partial charge in [-0.25, -0.2) is 0 Å². The van der Waals surface area contributed by atoms with Crippen LogP contribution in [0.25, 0.3) is 0 Å². The fourth-order valence-electron chi connectivity index (χ4n) is 1.68. The summed E-state index contributed by atoms with van der Waals surface area (Å²) in [4.78, 5) is 13.8. The molecule has 1 aliphatic rings. The first kappa shape index (κ1) is 11.2. The lowest BCUT2D eigenvalue weighted by Gasteiger charge is -2.28. The Morgan fingerprint density at radius 3 is 2.93 bits per heavy atom. The van der Waals surface area contributed by atoms with Crippen molar-refractivity contribution in [3.05, 3.63) is 11.6 Å². The molecule has 0 radical (unpaired) electrons. The van der Waals surface area contributed by atoms with Crippen molar-refractivity contribution in [2.24, 2.45) is 5.92 Å². The van der Waals surface area contributed by atoms with Crippen LogP contribution in [0.1, 0.15) is 20.3 Å². The van der Waals surface area contributed by atoms with Gasteiger partial charge < -0.3 is 10.2 Å². The molecule has 0 aromatic carbocycles. The topological polar surface area (TPSA) is 32.3 Å². The number of nitrogens with one attached hydrogen (secondary N) is 1. The first-order valence-corrected chi connectivity index (χ1v) is 5.24. The van der Waals surface area contributed by atoms with Crippen LogP contribution in [0.5, 0.6) is 0 Å². The van der Waals surface area contributed by atoms with Crippen LogP contribution in [0, 0.1) is 5.92 Å². The summed E-state index contributed by atoms with van der Waals surface area (Å²) >= 11 is 0. The van der Waals surface area contributed by atoms with Crippen molar-refractivity contribution in [3.8, 4) is 0 Å². The largest absolute Gasteiger partial charge is 0.338 e. The maximum Gasteiger partial charge on any atom is 0.226 e. The maximum atomic E-state index is 11.9. The average Bonchev–Trinajstić information content (AvgIpc) is 2.18. The van der Waals surface area contributed by atoms with Gasteiger partial charge in [-0.3, -0.25) is 4.79 Å². The van der Waals surface area contributed by atoms with E-state index < -0.39 is 0 Å². The smallest absolute Gasteiger partial charge is 0.226 e. The monoisotopic (exact) mass is 196 g/mol. The Kier molecular flexibility index (Phi) is 4.14. The van der Waals surface area contributed by atoms with E-state index in [0.717, 1.165) is 26.1 Å². The van der Waals surface area contributed by atoms with Crippen LogP contribution in [0.3, 0.4) is 0 Å². The molecule has 0 saturated carbocycles. The van der Waals surface area contributed by atoms with Gasteiger partial charge in [-0.15, -0.1) is 0 Å². The number of nitrogens with zero attached hydrogens (tertiary/aromatic N) is 1. The zero-order chi connectivity index (χ0) is 10.6. The first-order valence-electron chi connectivity index (χ1n) is 5.24. The summed E-state index contributed by atoms with van der Waals surface area (Å²) in [6, 6.07) is 0. The van der Waals surface area contributed by atoms with Crippen molar-refractivity contribution in [1.82, 2.24) is 10.2 Å². The molecule has 0 aromatic rings. The molecule has 0 aliphatic carbocycles. The number of rotatable bonds is 3. The number of hydrogen-bond acceptors (Lipinski definition) is 2.